The van der Waals surface area contributed by atoms with Gasteiger partial charge in [0.2, 0.25) is 5.91 Å². The van der Waals surface area contributed by atoms with Crippen molar-refractivity contribution in [3.05, 3.63) is 35.4 Å². The second-order valence-corrected chi connectivity index (χ2v) is 7.59. The summed E-state index contributed by atoms with van der Waals surface area (Å²) in [5.41, 5.74) is 7.06. The van der Waals surface area contributed by atoms with Crippen LogP contribution in [0.1, 0.15) is 43.2 Å². The molecule has 3 N–H and O–H groups in total. The van der Waals surface area contributed by atoms with E-state index in [9.17, 15) is 14.4 Å². The fourth-order valence-electron chi connectivity index (χ4n) is 4.49. The number of nitrogens with two attached hydrogens (primary N) is 1. The van der Waals surface area contributed by atoms with Gasteiger partial charge in [-0.2, -0.15) is 0 Å². The van der Waals surface area contributed by atoms with Crippen molar-refractivity contribution in [1.29, 1.82) is 0 Å². The smallest absolute Gasteiger partial charge is 0.326 e. The van der Waals surface area contributed by atoms with Gasteiger partial charge in [0.05, 0.1) is 12.7 Å². The van der Waals surface area contributed by atoms with Crippen molar-refractivity contribution in [2.24, 2.45) is 5.73 Å². The molecule has 1 atom stereocenters. The van der Waals surface area contributed by atoms with E-state index in [4.69, 9.17) is 5.73 Å². The third-order valence-corrected chi connectivity index (χ3v) is 5.95. The number of nitrogens with one attached hydrogen (secondary N) is 1. The van der Waals surface area contributed by atoms with Gasteiger partial charge in [0, 0.05) is 6.54 Å². The van der Waals surface area contributed by atoms with Gasteiger partial charge in [-0.25, -0.2) is 9.69 Å². The molecule has 0 radical (unpaired) electrons. The van der Waals surface area contributed by atoms with Crippen LogP contribution in [0.5, 0.6) is 0 Å². The molecule has 26 heavy (non-hydrogen) atoms. The van der Waals surface area contributed by atoms with E-state index in [1.807, 2.05) is 29.2 Å². The summed E-state index contributed by atoms with van der Waals surface area (Å²) in [4.78, 5) is 40.6. The Morgan fingerprint density at radius 1 is 1.15 bits per heavy atom. The molecule has 1 aliphatic carbocycles. The Balaban J connectivity index is 1.56. The molecule has 1 saturated carbocycles. The number of imide groups is 1. The van der Waals surface area contributed by atoms with Crippen molar-refractivity contribution < 1.29 is 14.4 Å². The molecule has 138 valence electrons. The zero-order valence-corrected chi connectivity index (χ0v) is 14.7. The van der Waals surface area contributed by atoms with Crippen LogP contribution < -0.4 is 11.1 Å². The summed E-state index contributed by atoms with van der Waals surface area (Å²) in [5.74, 6) is -0.594. The maximum Gasteiger partial charge on any atom is 0.326 e. The van der Waals surface area contributed by atoms with Gasteiger partial charge in [0.1, 0.15) is 5.54 Å². The lowest BCUT2D eigenvalue weighted by atomic mass is 9.82. The van der Waals surface area contributed by atoms with Gasteiger partial charge in [-0.05, 0) is 30.4 Å². The zero-order valence-electron chi connectivity index (χ0n) is 14.7. The second-order valence-electron chi connectivity index (χ2n) is 7.59. The molecule has 2 heterocycles. The second kappa shape index (κ2) is 6.39. The normalized spacial score (nSPS) is 25.2. The van der Waals surface area contributed by atoms with Gasteiger partial charge in [-0.15, -0.1) is 0 Å². The fraction of sp³-hybridized carbons (Fsp3) is 0.526. The summed E-state index contributed by atoms with van der Waals surface area (Å²) in [7, 11) is 0. The first kappa shape index (κ1) is 17.0. The molecule has 2 aliphatic heterocycles. The summed E-state index contributed by atoms with van der Waals surface area (Å²) in [5, 5.41) is 2.92. The average molecular weight is 356 g/mol. The van der Waals surface area contributed by atoms with E-state index < -0.39 is 17.5 Å². The molecule has 2 fully saturated rings. The third kappa shape index (κ3) is 2.76. The molecule has 7 nitrogen and oxygen atoms in total. The quantitative estimate of drug-likeness (QED) is 0.793. The van der Waals surface area contributed by atoms with E-state index in [-0.39, 0.29) is 18.6 Å². The van der Waals surface area contributed by atoms with E-state index in [0.717, 1.165) is 30.4 Å². The molecule has 4 rings (SSSR count). The van der Waals surface area contributed by atoms with Crippen LogP contribution in [0, 0.1) is 0 Å². The molecular formula is C19H24N4O3. The predicted molar refractivity (Wildman–Crippen MR) is 94.7 cm³/mol. The summed E-state index contributed by atoms with van der Waals surface area (Å²) in [6, 6.07) is 7.01. The Morgan fingerprint density at radius 2 is 1.85 bits per heavy atom. The van der Waals surface area contributed by atoms with Crippen LogP contribution in [0.3, 0.4) is 0 Å². The molecule has 1 unspecified atom stereocenters. The maximum atomic E-state index is 13.0. The van der Waals surface area contributed by atoms with Gasteiger partial charge < -0.3 is 11.1 Å². The number of carbonyl (C=O) groups excluding carboxylic acids is 3. The summed E-state index contributed by atoms with van der Waals surface area (Å²) >= 11 is 0. The molecule has 1 aromatic rings. The number of hydrogen-bond acceptors (Lipinski definition) is 4. The lowest BCUT2D eigenvalue weighted by molar-refractivity contribution is -0.136. The van der Waals surface area contributed by atoms with E-state index in [1.165, 1.54) is 4.90 Å². The first-order valence-corrected chi connectivity index (χ1v) is 9.24. The van der Waals surface area contributed by atoms with Crippen LogP contribution in [0.25, 0.3) is 0 Å². The van der Waals surface area contributed by atoms with Crippen molar-refractivity contribution in [2.45, 2.75) is 56.7 Å². The lowest BCUT2D eigenvalue weighted by Gasteiger charge is -2.37. The van der Waals surface area contributed by atoms with Gasteiger partial charge in [0.15, 0.2) is 0 Å². The topological polar surface area (TPSA) is 95.7 Å². The van der Waals surface area contributed by atoms with Crippen molar-refractivity contribution in [3.63, 3.8) is 0 Å². The Labute approximate surface area is 152 Å². The van der Waals surface area contributed by atoms with Crippen LogP contribution in [-0.2, 0) is 22.6 Å². The molecule has 7 heteroatoms. The van der Waals surface area contributed by atoms with Crippen molar-refractivity contribution in [3.8, 4) is 0 Å². The van der Waals surface area contributed by atoms with Crippen LogP contribution in [0.2, 0.25) is 0 Å². The molecular weight excluding hydrogens is 332 g/mol. The van der Waals surface area contributed by atoms with Crippen LogP contribution >= 0.6 is 0 Å². The highest BCUT2D eigenvalue weighted by Gasteiger charge is 2.52. The highest BCUT2D eigenvalue weighted by molar-refractivity contribution is 6.07. The van der Waals surface area contributed by atoms with E-state index in [1.54, 1.807) is 0 Å². The highest BCUT2D eigenvalue weighted by Crippen LogP contribution is 2.34. The minimum atomic E-state index is -0.745. The van der Waals surface area contributed by atoms with E-state index in [0.29, 0.717) is 25.8 Å². The van der Waals surface area contributed by atoms with Crippen molar-refractivity contribution >= 4 is 17.8 Å². The Morgan fingerprint density at radius 3 is 2.54 bits per heavy atom. The van der Waals surface area contributed by atoms with Gasteiger partial charge in [-0.3, -0.25) is 14.5 Å². The Hall–Kier alpha value is -2.41. The molecule has 4 amide bonds. The summed E-state index contributed by atoms with van der Waals surface area (Å²) < 4.78 is 0. The summed E-state index contributed by atoms with van der Waals surface area (Å²) in [6.45, 7) is 0.586. The van der Waals surface area contributed by atoms with Gasteiger partial charge in [0.25, 0.3) is 5.91 Å². The van der Waals surface area contributed by atoms with Gasteiger partial charge >= 0.3 is 6.03 Å². The SMILES string of the molecule is NC(=O)C1Cc2ccccc2CN1CN1C(=O)NC2(CCCCC2)C1=O. The molecule has 1 aromatic carbocycles. The molecule has 1 saturated heterocycles. The number of hydrogen-bond donors (Lipinski definition) is 2. The number of fused-ring (bicyclic) bond motifs is 1. The first-order valence-electron chi connectivity index (χ1n) is 9.24. The number of rotatable bonds is 3. The number of benzene rings is 1. The Bertz CT molecular complexity index is 757. The van der Waals surface area contributed by atoms with E-state index >= 15 is 0 Å². The van der Waals surface area contributed by atoms with E-state index in [2.05, 4.69) is 5.32 Å². The number of nitrogens with zero attached hydrogens (tertiary/aromatic N) is 2. The monoisotopic (exact) mass is 356 g/mol. The van der Waals surface area contributed by atoms with Crippen molar-refractivity contribution in [1.82, 2.24) is 15.1 Å². The minimum absolute atomic E-state index is 0.0916. The predicted octanol–water partition coefficient (Wildman–Crippen LogP) is 1.11. The van der Waals surface area contributed by atoms with Crippen LogP contribution in [-0.4, -0.2) is 45.9 Å². The van der Waals surface area contributed by atoms with Crippen LogP contribution in [0.4, 0.5) is 4.79 Å². The van der Waals surface area contributed by atoms with Crippen LogP contribution in [0.15, 0.2) is 24.3 Å². The fourth-order valence-corrected chi connectivity index (χ4v) is 4.49. The number of urea groups is 1. The van der Waals surface area contributed by atoms with Crippen molar-refractivity contribution in [2.75, 3.05) is 6.67 Å². The minimum Gasteiger partial charge on any atom is -0.368 e. The molecule has 1 spiro atoms. The highest BCUT2D eigenvalue weighted by atomic mass is 16.2. The third-order valence-electron chi connectivity index (χ3n) is 5.95. The average Bonchev–Trinajstić information content (AvgIpc) is 2.85. The lowest BCUT2D eigenvalue weighted by Crippen LogP contribution is -2.54. The van der Waals surface area contributed by atoms with Gasteiger partial charge in [-0.1, -0.05) is 43.5 Å². The molecule has 0 aromatic heterocycles. The number of amides is 4. The molecule has 0 bridgehead atoms. The summed E-state index contributed by atoms with van der Waals surface area (Å²) in [6.07, 6.45) is 4.87. The maximum absolute atomic E-state index is 13.0. The first-order chi connectivity index (χ1) is 12.5. The molecule has 3 aliphatic rings. The standard InChI is InChI=1S/C19H24N4O3/c20-16(24)15-10-13-6-2-3-7-14(13)11-22(15)12-23-17(25)19(21-18(23)26)8-4-1-5-9-19/h2-3,6-7,15H,1,4-5,8-12H2,(H2,20,24)(H,21,26). The number of primary amides is 1. The zero-order chi connectivity index (χ0) is 18.3. The number of carbonyl (C=O) groups is 3. The Kier molecular flexibility index (Phi) is 4.19. The largest absolute Gasteiger partial charge is 0.368 e.